The number of hydrogen-bond acceptors (Lipinski definition) is 4. The van der Waals surface area contributed by atoms with E-state index in [1.54, 1.807) is 12.1 Å². The van der Waals surface area contributed by atoms with Gasteiger partial charge in [0.1, 0.15) is 23.4 Å². The number of ether oxygens (including phenoxy) is 1. The van der Waals surface area contributed by atoms with Crippen molar-refractivity contribution in [3.05, 3.63) is 77.4 Å². The second kappa shape index (κ2) is 11.1. The van der Waals surface area contributed by atoms with Crippen LogP contribution in [0.1, 0.15) is 54.4 Å². The van der Waals surface area contributed by atoms with Crippen molar-refractivity contribution in [2.45, 2.75) is 58.1 Å². The molecule has 4 rings (SSSR count). The van der Waals surface area contributed by atoms with Crippen LogP contribution in [0.4, 0.5) is 4.39 Å². The maximum Gasteiger partial charge on any atom is 0.306 e. The molecule has 178 valence electrons. The number of amides is 1. The van der Waals surface area contributed by atoms with Gasteiger partial charge >= 0.3 is 5.97 Å². The maximum atomic E-state index is 13.5. The predicted octanol–water partition coefficient (Wildman–Crippen LogP) is 4.71. The Hall–Kier alpha value is -3.48. The largest absolute Gasteiger partial charge is 0.462 e. The number of esters is 1. The van der Waals surface area contributed by atoms with Crippen LogP contribution in [0.15, 0.2) is 54.6 Å². The monoisotopic (exact) mass is 463 g/mol. The van der Waals surface area contributed by atoms with Crippen LogP contribution < -0.4 is 5.32 Å². The molecule has 0 bridgehead atoms. The molecule has 7 heteroatoms. The molecule has 1 N–H and O–H groups in total. The molecule has 1 aliphatic heterocycles. The van der Waals surface area contributed by atoms with E-state index in [-0.39, 0.29) is 23.8 Å². The number of benzene rings is 2. The quantitative estimate of drug-likeness (QED) is 0.467. The Kier molecular flexibility index (Phi) is 7.72. The van der Waals surface area contributed by atoms with Crippen LogP contribution in [0.2, 0.25) is 0 Å². The van der Waals surface area contributed by atoms with Gasteiger partial charge in [-0.15, -0.1) is 0 Å². The smallest absolute Gasteiger partial charge is 0.306 e. The molecule has 1 fully saturated rings. The van der Waals surface area contributed by atoms with Crippen LogP contribution in [0.25, 0.3) is 11.4 Å². The molecule has 34 heavy (non-hydrogen) atoms. The van der Waals surface area contributed by atoms with E-state index in [0.29, 0.717) is 43.9 Å². The zero-order valence-electron chi connectivity index (χ0n) is 19.4. The Morgan fingerprint density at radius 2 is 1.94 bits per heavy atom. The molecule has 1 unspecified atom stereocenters. The Bertz CT molecular complexity index is 1130. The zero-order chi connectivity index (χ0) is 23.9. The standard InChI is InChI=1S/C27H30FN3O3/c1-2-23-25(27(33)29-17-15-19-7-4-3-5-8-19)30-26(20-11-13-21(28)14-12-20)31(23)18-16-22-9-6-10-24(32)34-22/h3-5,7-8,11-14,22H,2,6,9-10,15-18H2,1H3,(H,29,33). The number of halogens is 1. The second-order valence-corrected chi connectivity index (χ2v) is 8.53. The Labute approximate surface area is 199 Å². The minimum Gasteiger partial charge on any atom is -0.462 e. The van der Waals surface area contributed by atoms with E-state index in [9.17, 15) is 14.0 Å². The number of aromatic nitrogens is 2. The van der Waals surface area contributed by atoms with E-state index in [0.717, 1.165) is 36.1 Å². The average Bonchev–Trinajstić information content (AvgIpc) is 3.22. The highest BCUT2D eigenvalue weighted by Gasteiger charge is 2.25. The van der Waals surface area contributed by atoms with Gasteiger partial charge in [0.05, 0.1) is 5.69 Å². The van der Waals surface area contributed by atoms with Crippen molar-refractivity contribution in [1.29, 1.82) is 0 Å². The topological polar surface area (TPSA) is 73.2 Å². The van der Waals surface area contributed by atoms with Crippen LogP contribution in [-0.4, -0.2) is 34.1 Å². The van der Waals surface area contributed by atoms with E-state index < -0.39 is 0 Å². The summed E-state index contributed by atoms with van der Waals surface area (Å²) in [5, 5.41) is 2.99. The van der Waals surface area contributed by atoms with Crippen LogP contribution in [-0.2, 0) is 28.9 Å². The normalized spacial score (nSPS) is 15.7. The summed E-state index contributed by atoms with van der Waals surface area (Å²) in [6.45, 7) is 3.05. The maximum absolute atomic E-state index is 13.5. The first kappa shape index (κ1) is 23.7. The minimum atomic E-state index is -0.328. The minimum absolute atomic E-state index is 0.141. The van der Waals surface area contributed by atoms with Crippen molar-refractivity contribution in [2.24, 2.45) is 0 Å². The van der Waals surface area contributed by atoms with E-state index in [4.69, 9.17) is 9.72 Å². The van der Waals surface area contributed by atoms with Gasteiger partial charge in [0.25, 0.3) is 5.91 Å². The molecule has 1 aliphatic rings. The predicted molar refractivity (Wildman–Crippen MR) is 128 cm³/mol. The fourth-order valence-electron chi connectivity index (χ4n) is 4.39. The van der Waals surface area contributed by atoms with Gasteiger partial charge in [-0.2, -0.15) is 0 Å². The number of carbonyl (C=O) groups excluding carboxylic acids is 2. The van der Waals surface area contributed by atoms with Gasteiger partial charge < -0.3 is 14.6 Å². The SMILES string of the molecule is CCc1c(C(=O)NCCc2ccccc2)nc(-c2ccc(F)cc2)n1CCC1CCCC(=O)O1. The molecular weight excluding hydrogens is 433 g/mol. The molecule has 0 radical (unpaired) electrons. The zero-order valence-corrected chi connectivity index (χ0v) is 19.4. The number of imidazole rings is 1. The van der Waals surface area contributed by atoms with Crippen molar-refractivity contribution in [3.63, 3.8) is 0 Å². The molecular formula is C27H30FN3O3. The Balaban J connectivity index is 1.56. The summed E-state index contributed by atoms with van der Waals surface area (Å²) in [5.74, 6) is -0.0911. The van der Waals surface area contributed by atoms with Gasteiger partial charge in [-0.05, 0) is 55.5 Å². The summed E-state index contributed by atoms with van der Waals surface area (Å²) in [4.78, 5) is 29.5. The van der Waals surface area contributed by atoms with Gasteiger partial charge in [0, 0.05) is 31.5 Å². The summed E-state index contributed by atoms with van der Waals surface area (Å²) in [6, 6.07) is 16.1. The number of nitrogens with zero attached hydrogens (tertiary/aromatic N) is 2. The lowest BCUT2D eigenvalue weighted by molar-refractivity contribution is -0.154. The van der Waals surface area contributed by atoms with E-state index >= 15 is 0 Å². The number of nitrogens with one attached hydrogen (secondary N) is 1. The first-order chi connectivity index (χ1) is 16.5. The van der Waals surface area contributed by atoms with Crippen molar-refractivity contribution in [3.8, 4) is 11.4 Å². The second-order valence-electron chi connectivity index (χ2n) is 8.53. The van der Waals surface area contributed by atoms with E-state index in [1.807, 2.05) is 41.8 Å². The number of carbonyl (C=O) groups is 2. The fourth-order valence-corrected chi connectivity index (χ4v) is 4.39. The van der Waals surface area contributed by atoms with E-state index in [2.05, 4.69) is 5.32 Å². The van der Waals surface area contributed by atoms with E-state index in [1.165, 1.54) is 12.1 Å². The molecule has 2 aromatic carbocycles. The Morgan fingerprint density at radius 3 is 2.65 bits per heavy atom. The lowest BCUT2D eigenvalue weighted by Crippen LogP contribution is -2.27. The van der Waals surface area contributed by atoms with Crippen LogP contribution in [0.5, 0.6) is 0 Å². The molecule has 6 nitrogen and oxygen atoms in total. The third kappa shape index (κ3) is 5.71. The lowest BCUT2D eigenvalue weighted by Gasteiger charge is -2.23. The summed E-state index contributed by atoms with van der Waals surface area (Å²) in [5.41, 5.74) is 3.09. The van der Waals surface area contributed by atoms with Gasteiger partial charge in [-0.25, -0.2) is 9.37 Å². The number of cyclic esters (lactones) is 1. The van der Waals surface area contributed by atoms with Crippen LogP contribution in [0, 0.1) is 5.82 Å². The first-order valence-electron chi connectivity index (χ1n) is 11.9. The first-order valence-corrected chi connectivity index (χ1v) is 11.9. The molecule has 1 aromatic heterocycles. The van der Waals surface area contributed by atoms with Crippen LogP contribution in [0.3, 0.4) is 0 Å². The molecule has 0 saturated carbocycles. The van der Waals surface area contributed by atoms with Crippen molar-refractivity contribution >= 4 is 11.9 Å². The highest BCUT2D eigenvalue weighted by Crippen LogP contribution is 2.26. The highest BCUT2D eigenvalue weighted by atomic mass is 19.1. The van der Waals surface area contributed by atoms with Gasteiger partial charge in [0.2, 0.25) is 0 Å². The molecule has 0 spiro atoms. The molecule has 2 heterocycles. The molecule has 3 aromatic rings. The molecule has 0 aliphatic carbocycles. The summed E-state index contributed by atoms with van der Waals surface area (Å²) in [7, 11) is 0. The van der Waals surface area contributed by atoms with Crippen molar-refractivity contribution in [1.82, 2.24) is 14.9 Å². The summed E-state index contributed by atoms with van der Waals surface area (Å²) >= 11 is 0. The van der Waals surface area contributed by atoms with Crippen LogP contribution >= 0.6 is 0 Å². The average molecular weight is 464 g/mol. The number of hydrogen-bond donors (Lipinski definition) is 1. The molecule has 1 amide bonds. The van der Waals surface area contributed by atoms with Crippen molar-refractivity contribution < 1.29 is 18.7 Å². The van der Waals surface area contributed by atoms with Crippen molar-refractivity contribution in [2.75, 3.05) is 6.54 Å². The van der Waals surface area contributed by atoms with Gasteiger partial charge in [-0.1, -0.05) is 37.3 Å². The Morgan fingerprint density at radius 1 is 1.18 bits per heavy atom. The fraction of sp³-hybridized carbons (Fsp3) is 0.370. The van der Waals surface area contributed by atoms with Gasteiger partial charge in [0.15, 0.2) is 0 Å². The third-order valence-electron chi connectivity index (χ3n) is 6.15. The lowest BCUT2D eigenvalue weighted by atomic mass is 10.1. The third-order valence-corrected chi connectivity index (χ3v) is 6.15. The summed E-state index contributed by atoms with van der Waals surface area (Å²) < 4.78 is 21.1. The highest BCUT2D eigenvalue weighted by molar-refractivity contribution is 5.94. The number of rotatable bonds is 9. The molecule has 1 saturated heterocycles. The summed E-state index contributed by atoms with van der Waals surface area (Å²) in [6.07, 6.45) is 3.97. The molecule has 1 atom stereocenters. The van der Waals surface area contributed by atoms with Gasteiger partial charge in [-0.3, -0.25) is 9.59 Å².